The van der Waals surface area contributed by atoms with Gasteiger partial charge in [0.1, 0.15) is 12.4 Å². The fourth-order valence-electron chi connectivity index (χ4n) is 4.18. The summed E-state index contributed by atoms with van der Waals surface area (Å²) in [5, 5.41) is 3.27. The summed E-state index contributed by atoms with van der Waals surface area (Å²) in [6, 6.07) is 32.9. The predicted octanol–water partition coefficient (Wildman–Crippen LogP) is 6.48. The van der Waals surface area contributed by atoms with Crippen LogP contribution in [0, 0.1) is 0 Å². The molecule has 1 heterocycles. The average Bonchev–Trinajstić information content (AvgIpc) is 2.99. The molecule has 0 saturated carbocycles. The van der Waals surface area contributed by atoms with Crippen molar-refractivity contribution in [3.63, 3.8) is 0 Å². The summed E-state index contributed by atoms with van der Waals surface area (Å²) < 4.78 is 11.2. The summed E-state index contributed by atoms with van der Waals surface area (Å²) >= 11 is 0. The second-order valence-electron chi connectivity index (χ2n) is 9.13. The SMILES string of the molecule is CC(=O)c1cccc(NC(=O)COC(=O)c2cc(-c3ccc(OCc4ccccc4)cc3)nc3ccccc23)c1. The van der Waals surface area contributed by atoms with Gasteiger partial charge in [-0.05, 0) is 61.0 Å². The maximum Gasteiger partial charge on any atom is 0.339 e. The van der Waals surface area contributed by atoms with Crippen molar-refractivity contribution in [3.8, 4) is 17.0 Å². The third-order valence-electron chi connectivity index (χ3n) is 6.22. The molecular formula is C33H26N2O5. The number of nitrogens with one attached hydrogen (secondary N) is 1. The van der Waals surface area contributed by atoms with Crippen LogP contribution in [0.5, 0.6) is 5.75 Å². The van der Waals surface area contributed by atoms with Crippen LogP contribution >= 0.6 is 0 Å². The number of anilines is 1. The van der Waals surface area contributed by atoms with Crippen molar-refractivity contribution in [3.05, 3.63) is 126 Å². The number of carbonyl (C=O) groups excluding carboxylic acids is 3. The number of ether oxygens (including phenoxy) is 2. The summed E-state index contributed by atoms with van der Waals surface area (Å²) in [6.45, 7) is 1.42. The fraction of sp³-hybridized carbons (Fsp3) is 0.0909. The van der Waals surface area contributed by atoms with Crippen LogP contribution in [0.1, 0.15) is 33.2 Å². The van der Waals surface area contributed by atoms with E-state index in [-0.39, 0.29) is 5.78 Å². The van der Waals surface area contributed by atoms with Gasteiger partial charge in [0.2, 0.25) is 0 Å². The molecular weight excluding hydrogens is 504 g/mol. The molecule has 0 saturated heterocycles. The summed E-state index contributed by atoms with van der Waals surface area (Å²) in [7, 11) is 0. The minimum absolute atomic E-state index is 0.114. The summed E-state index contributed by atoms with van der Waals surface area (Å²) in [6.07, 6.45) is 0. The number of esters is 1. The van der Waals surface area contributed by atoms with E-state index in [1.54, 1.807) is 36.4 Å². The van der Waals surface area contributed by atoms with Gasteiger partial charge < -0.3 is 14.8 Å². The van der Waals surface area contributed by atoms with Gasteiger partial charge in [-0.3, -0.25) is 9.59 Å². The van der Waals surface area contributed by atoms with Gasteiger partial charge in [0.25, 0.3) is 5.91 Å². The van der Waals surface area contributed by atoms with Crippen LogP contribution < -0.4 is 10.1 Å². The molecule has 7 nitrogen and oxygen atoms in total. The Hall–Kier alpha value is -5.30. The Balaban J connectivity index is 1.30. The van der Waals surface area contributed by atoms with Crippen LogP contribution in [-0.4, -0.2) is 29.3 Å². The van der Waals surface area contributed by atoms with Gasteiger partial charge in [-0.1, -0.05) is 60.7 Å². The molecule has 1 aromatic heterocycles. The molecule has 0 spiro atoms. The molecule has 0 aliphatic heterocycles. The first-order chi connectivity index (χ1) is 19.5. The van der Waals surface area contributed by atoms with Crippen LogP contribution in [0.15, 0.2) is 109 Å². The molecule has 0 fully saturated rings. The van der Waals surface area contributed by atoms with Crippen molar-refractivity contribution >= 4 is 34.3 Å². The highest BCUT2D eigenvalue weighted by atomic mass is 16.5. The molecule has 40 heavy (non-hydrogen) atoms. The van der Waals surface area contributed by atoms with E-state index >= 15 is 0 Å². The van der Waals surface area contributed by atoms with Crippen molar-refractivity contribution in [1.82, 2.24) is 4.98 Å². The lowest BCUT2D eigenvalue weighted by Gasteiger charge is -2.11. The lowest BCUT2D eigenvalue weighted by atomic mass is 10.0. The molecule has 0 radical (unpaired) electrons. The maximum atomic E-state index is 13.1. The van der Waals surface area contributed by atoms with Crippen molar-refractivity contribution in [2.24, 2.45) is 0 Å². The number of fused-ring (bicyclic) bond motifs is 1. The van der Waals surface area contributed by atoms with Gasteiger partial charge in [-0.15, -0.1) is 0 Å². The topological polar surface area (TPSA) is 94.6 Å². The minimum Gasteiger partial charge on any atom is -0.489 e. The van der Waals surface area contributed by atoms with Crippen LogP contribution in [0.4, 0.5) is 5.69 Å². The number of Topliss-reactive ketones (excluding diaryl/α,β-unsaturated/α-hetero) is 1. The van der Waals surface area contributed by atoms with E-state index in [1.807, 2.05) is 72.8 Å². The number of rotatable bonds is 9. The molecule has 198 valence electrons. The Labute approximate surface area is 231 Å². The Kier molecular flexibility index (Phi) is 7.92. The number of pyridine rings is 1. The first-order valence-corrected chi connectivity index (χ1v) is 12.7. The highest BCUT2D eigenvalue weighted by molar-refractivity contribution is 6.05. The van der Waals surface area contributed by atoms with E-state index in [2.05, 4.69) is 5.32 Å². The lowest BCUT2D eigenvalue weighted by Crippen LogP contribution is -2.21. The normalized spacial score (nSPS) is 10.6. The Bertz CT molecular complexity index is 1680. The molecule has 1 amide bonds. The first-order valence-electron chi connectivity index (χ1n) is 12.7. The number of carbonyl (C=O) groups is 3. The second kappa shape index (κ2) is 12.0. The summed E-state index contributed by atoms with van der Waals surface area (Å²) in [5.74, 6) is -0.556. The van der Waals surface area contributed by atoms with Crippen molar-refractivity contribution in [2.75, 3.05) is 11.9 Å². The molecule has 0 aliphatic rings. The third-order valence-corrected chi connectivity index (χ3v) is 6.22. The van der Waals surface area contributed by atoms with Crippen LogP contribution in [-0.2, 0) is 16.1 Å². The Morgan fingerprint density at radius 3 is 2.33 bits per heavy atom. The zero-order valence-electron chi connectivity index (χ0n) is 21.8. The van der Waals surface area contributed by atoms with Crippen LogP contribution in [0.2, 0.25) is 0 Å². The molecule has 4 aromatic carbocycles. The first kappa shape index (κ1) is 26.3. The molecule has 0 unspecified atom stereocenters. The molecule has 5 rings (SSSR count). The number of hydrogen-bond acceptors (Lipinski definition) is 6. The van der Waals surface area contributed by atoms with Gasteiger partial charge in [-0.2, -0.15) is 0 Å². The number of benzene rings is 4. The number of amides is 1. The van der Waals surface area contributed by atoms with E-state index in [9.17, 15) is 14.4 Å². The molecule has 0 aliphatic carbocycles. The largest absolute Gasteiger partial charge is 0.489 e. The van der Waals surface area contributed by atoms with E-state index in [0.29, 0.717) is 45.8 Å². The van der Waals surface area contributed by atoms with Gasteiger partial charge in [0.05, 0.1) is 16.8 Å². The minimum atomic E-state index is -0.643. The van der Waals surface area contributed by atoms with Crippen molar-refractivity contribution in [1.29, 1.82) is 0 Å². The predicted molar refractivity (Wildman–Crippen MR) is 153 cm³/mol. The van der Waals surface area contributed by atoms with E-state index in [0.717, 1.165) is 11.1 Å². The Morgan fingerprint density at radius 1 is 0.800 bits per heavy atom. The summed E-state index contributed by atoms with van der Waals surface area (Å²) in [4.78, 5) is 41.9. The smallest absolute Gasteiger partial charge is 0.339 e. The highest BCUT2D eigenvalue weighted by Crippen LogP contribution is 2.27. The van der Waals surface area contributed by atoms with E-state index in [4.69, 9.17) is 14.5 Å². The van der Waals surface area contributed by atoms with Crippen molar-refractivity contribution < 1.29 is 23.9 Å². The number of aromatic nitrogens is 1. The second-order valence-corrected chi connectivity index (χ2v) is 9.13. The van der Waals surface area contributed by atoms with Crippen LogP contribution in [0.3, 0.4) is 0 Å². The maximum absolute atomic E-state index is 13.1. The van der Waals surface area contributed by atoms with Gasteiger partial charge in [0.15, 0.2) is 12.4 Å². The monoisotopic (exact) mass is 530 g/mol. The molecule has 0 atom stereocenters. The average molecular weight is 531 g/mol. The molecule has 5 aromatic rings. The molecule has 0 bridgehead atoms. The Morgan fingerprint density at radius 2 is 1.55 bits per heavy atom. The zero-order valence-corrected chi connectivity index (χ0v) is 21.8. The number of ketones is 1. The number of hydrogen-bond donors (Lipinski definition) is 1. The van der Waals surface area contributed by atoms with E-state index < -0.39 is 18.5 Å². The van der Waals surface area contributed by atoms with E-state index in [1.165, 1.54) is 6.92 Å². The van der Waals surface area contributed by atoms with Gasteiger partial charge >= 0.3 is 5.97 Å². The number of para-hydroxylation sites is 1. The molecule has 1 N–H and O–H groups in total. The number of nitrogens with zero attached hydrogens (tertiary/aromatic N) is 1. The van der Waals surface area contributed by atoms with Crippen molar-refractivity contribution in [2.45, 2.75) is 13.5 Å². The van der Waals surface area contributed by atoms with Gasteiger partial charge in [0, 0.05) is 22.2 Å². The summed E-state index contributed by atoms with van der Waals surface area (Å²) in [5.41, 5.74) is 4.31. The standard InChI is InChI=1S/C33H26N2O5/c1-22(36)25-10-7-11-26(18-25)34-32(37)21-40-33(38)29-19-31(35-30-13-6-5-12-28(29)30)24-14-16-27(17-15-24)39-20-23-8-3-2-4-9-23/h2-19H,20-21H2,1H3,(H,34,37). The fourth-order valence-corrected chi connectivity index (χ4v) is 4.18. The zero-order chi connectivity index (χ0) is 27.9. The third kappa shape index (κ3) is 6.39. The molecule has 7 heteroatoms. The van der Waals surface area contributed by atoms with Gasteiger partial charge in [-0.25, -0.2) is 9.78 Å². The highest BCUT2D eigenvalue weighted by Gasteiger charge is 2.17. The lowest BCUT2D eigenvalue weighted by molar-refractivity contribution is -0.119. The van der Waals surface area contributed by atoms with Crippen LogP contribution in [0.25, 0.3) is 22.2 Å². The quantitative estimate of drug-likeness (QED) is 0.173.